The Morgan fingerprint density at radius 1 is 1.43 bits per heavy atom. The fraction of sp³-hybridized carbons (Fsp3) is 0.400. The molecule has 1 amide bonds. The van der Waals surface area contributed by atoms with Crippen LogP contribution in [0.2, 0.25) is 0 Å². The van der Waals surface area contributed by atoms with E-state index in [4.69, 9.17) is 4.74 Å². The summed E-state index contributed by atoms with van der Waals surface area (Å²) in [5.74, 6) is -0.456. The molecule has 2 unspecified atom stereocenters. The van der Waals surface area contributed by atoms with Gasteiger partial charge in [-0.25, -0.2) is 9.59 Å². The second-order valence-electron chi connectivity index (χ2n) is 4.85. The smallest absolute Gasteiger partial charge is 0.328 e. The number of benzene rings is 1. The molecule has 1 aromatic rings. The number of esters is 1. The highest BCUT2D eigenvalue weighted by molar-refractivity contribution is 5.88. The summed E-state index contributed by atoms with van der Waals surface area (Å²) in [7, 11) is 1.32. The van der Waals surface area contributed by atoms with Crippen LogP contribution in [0.4, 0.5) is 5.69 Å². The highest BCUT2D eigenvalue weighted by Gasteiger charge is 2.39. The number of rotatable bonds is 4. The lowest BCUT2D eigenvalue weighted by Gasteiger charge is -2.29. The molecular weight excluding hydrogens is 272 g/mol. The van der Waals surface area contributed by atoms with Crippen molar-refractivity contribution in [2.45, 2.75) is 31.8 Å². The Kier molecular flexibility index (Phi) is 4.50. The summed E-state index contributed by atoms with van der Waals surface area (Å²) in [5, 5.41) is 0. The number of hydrogen-bond acceptors (Lipinski definition) is 5. The molecule has 6 heteroatoms. The van der Waals surface area contributed by atoms with Crippen LogP contribution in [0.1, 0.15) is 31.4 Å². The first-order chi connectivity index (χ1) is 10.1. The van der Waals surface area contributed by atoms with Crippen LogP contribution >= 0.6 is 0 Å². The first kappa shape index (κ1) is 14.9. The molecule has 1 aliphatic heterocycles. The van der Waals surface area contributed by atoms with Crippen LogP contribution < -0.4 is 0 Å². The number of isocyanates is 1. The van der Waals surface area contributed by atoms with Gasteiger partial charge in [-0.05, 0) is 31.0 Å². The van der Waals surface area contributed by atoms with Crippen LogP contribution in [0.3, 0.4) is 0 Å². The quantitative estimate of drug-likeness (QED) is 0.481. The van der Waals surface area contributed by atoms with Gasteiger partial charge in [0.05, 0.1) is 18.8 Å². The molecule has 1 aromatic carbocycles. The summed E-state index contributed by atoms with van der Waals surface area (Å²) in [6.07, 6.45) is 2.29. The van der Waals surface area contributed by atoms with Crippen molar-refractivity contribution in [1.29, 1.82) is 0 Å². The summed E-state index contributed by atoms with van der Waals surface area (Å²) in [6, 6.07) is 6.11. The highest BCUT2D eigenvalue weighted by atomic mass is 16.5. The Morgan fingerprint density at radius 3 is 2.67 bits per heavy atom. The summed E-state index contributed by atoms with van der Waals surface area (Å²) >= 11 is 0. The molecule has 2 rings (SSSR count). The summed E-state index contributed by atoms with van der Waals surface area (Å²) < 4.78 is 4.76. The highest BCUT2D eigenvalue weighted by Crippen LogP contribution is 2.31. The molecule has 0 N–H and O–H groups in total. The minimum absolute atomic E-state index is 0.0621. The van der Waals surface area contributed by atoms with E-state index in [1.54, 1.807) is 29.2 Å². The fourth-order valence-electron chi connectivity index (χ4n) is 2.60. The Morgan fingerprint density at radius 2 is 2.10 bits per heavy atom. The van der Waals surface area contributed by atoms with E-state index in [-0.39, 0.29) is 11.9 Å². The molecule has 2 atom stereocenters. The van der Waals surface area contributed by atoms with Gasteiger partial charge in [-0.3, -0.25) is 4.79 Å². The molecule has 0 bridgehead atoms. The van der Waals surface area contributed by atoms with Crippen molar-refractivity contribution in [3.8, 4) is 0 Å². The van der Waals surface area contributed by atoms with Crippen molar-refractivity contribution in [2.75, 3.05) is 7.11 Å². The van der Waals surface area contributed by atoms with Gasteiger partial charge in [0, 0.05) is 6.42 Å². The van der Waals surface area contributed by atoms with Crippen LogP contribution in [0.15, 0.2) is 29.3 Å². The largest absolute Gasteiger partial charge is 0.467 e. The number of likely N-dealkylation sites (tertiary alicyclic amines) is 1. The number of hydrogen-bond donors (Lipinski definition) is 0. The van der Waals surface area contributed by atoms with E-state index in [9.17, 15) is 14.4 Å². The Hall–Kier alpha value is -2.46. The molecule has 0 spiro atoms. The zero-order chi connectivity index (χ0) is 15.4. The third-order valence-electron chi connectivity index (χ3n) is 3.70. The number of carbonyl (C=O) groups is 2. The average molecular weight is 288 g/mol. The Labute approximate surface area is 122 Å². The van der Waals surface area contributed by atoms with Crippen LogP contribution in [0.25, 0.3) is 0 Å². The van der Waals surface area contributed by atoms with E-state index in [0.717, 1.165) is 5.56 Å². The standard InChI is InChI=1S/C15H16N2O4/c1-10(11-3-5-12(6-4-11)16-9-18)17-13(15(20)21-2)7-8-14(17)19/h3-6,10,13H,7-8H2,1-2H3. The predicted octanol–water partition coefficient (Wildman–Crippen LogP) is 1.88. The maximum atomic E-state index is 12.0. The summed E-state index contributed by atoms with van der Waals surface area (Å²) in [4.78, 5) is 39.1. The number of aliphatic imine (C=N–C) groups is 1. The first-order valence-corrected chi connectivity index (χ1v) is 6.65. The first-order valence-electron chi connectivity index (χ1n) is 6.65. The van der Waals surface area contributed by atoms with Gasteiger partial charge in [0.15, 0.2) is 0 Å². The lowest BCUT2D eigenvalue weighted by molar-refractivity contribution is -0.150. The molecule has 0 aliphatic carbocycles. The number of ether oxygens (including phenoxy) is 1. The molecule has 0 saturated carbocycles. The fourth-order valence-corrected chi connectivity index (χ4v) is 2.60. The molecule has 1 heterocycles. The van der Waals surface area contributed by atoms with Crippen molar-refractivity contribution in [1.82, 2.24) is 4.90 Å². The molecular formula is C15H16N2O4. The maximum absolute atomic E-state index is 12.0. The Balaban J connectivity index is 2.24. The van der Waals surface area contributed by atoms with Crippen molar-refractivity contribution in [3.63, 3.8) is 0 Å². The van der Waals surface area contributed by atoms with Crippen LogP contribution in [-0.2, 0) is 19.1 Å². The van der Waals surface area contributed by atoms with Crippen molar-refractivity contribution < 1.29 is 19.1 Å². The SMILES string of the molecule is COC(=O)C1CCC(=O)N1C(C)c1ccc(N=C=O)cc1. The predicted molar refractivity (Wildman–Crippen MR) is 74.5 cm³/mol. The van der Waals surface area contributed by atoms with E-state index in [0.29, 0.717) is 18.5 Å². The zero-order valence-electron chi connectivity index (χ0n) is 11.9. The summed E-state index contributed by atoms with van der Waals surface area (Å²) in [6.45, 7) is 1.86. The average Bonchev–Trinajstić information content (AvgIpc) is 2.88. The molecule has 1 aliphatic rings. The van der Waals surface area contributed by atoms with Gasteiger partial charge in [-0.15, -0.1) is 0 Å². The number of amides is 1. The molecule has 1 fully saturated rings. The van der Waals surface area contributed by atoms with Crippen molar-refractivity contribution in [3.05, 3.63) is 29.8 Å². The van der Waals surface area contributed by atoms with Gasteiger partial charge < -0.3 is 9.64 Å². The van der Waals surface area contributed by atoms with Gasteiger partial charge in [-0.2, -0.15) is 4.99 Å². The lowest BCUT2D eigenvalue weighted by atomic mass is 10.1. The van der Waals surface area contributed by atoms with E-state index in [1.807, 2.05) is 6.92 Å². The van der Waals surface area contributed by atoms with Crippen molar-refractivity contribution >= 4 is 23.6 Å². The third-order valence-corrected chi connectivity index (χ3v) is 3.70. The Bertz CT molecular complexity index is 590. The number of nitrogens with zero attached hydrogens (tertiary/aromatic N) is 2. The zero-order valence-corrected chi connectivity index (χ0v) is 11.9. The van der Waals surface area contributed by atoms with Crippen LogP contribution in [0, 0.1) is 0 Å². The maximum Gasteiger partial charge on any atom is 0.328 e. The van der Waals surface area contributed by atoms with E-state index in [1.165, 1.54) is 13.2 Å². The van der Waals surface area contributed by atoms with Gasteiger partial charge >= 0.3 is 5.97 Å². The second-order valence-corrected chi connectivity index (χ2v) is 4.85. The van der Waals surface area contributed by atoms with Gasteiger partial charge in [0.25, 0.3) is 0 Å². The van der Waals surface area contributed by atoms with Gasteiger partial charge in [0.1, 0.15) is 6.04 Å². The summed E-state index contributed by atoms with van der Waals surface area (Å²) in [5.41, 5.74) is 1.36. The minimum atomic E-state index is -0.537. The van der Waals surface area contributed by atoms with Crippen LogP contribution in [-0.4, -0.2) is 36.0 Å². The normalized spacial score (nSPS) is 19.0. The third kappa shape index (κ3) is 3.01. The van der Waals surface area contributed by atoms with Crippen LogP contribution in [0.5, 0.6) is 0 Å². The monoisotopic (exact) mass is 288 g/mol. The second kappa shape index (κ2) is 6.33. The number of methoxy groups -OCH3 is 1. The van der Waals surface area contributed by atoms with Gasteiger partial charge in [0.2, 0.25) is 12.0 Å². The minimum Gasteiger partial charge on any atom is -0.467 e. The molecule has 1 saturated heterocycles. The number of carbonyl (C=O) groups excluding carboxylic acids is 3. The van der Waals surface area contributed by atoms with E-state index >= 15 is 0 Å². The molecule has 0 radical (unpaired) electrons. The molecule has 0 aromatic heterocycles. The lowest BCUT2D eigenvalue weighted by Crippen LogP contribution is -2.40. The van der Waals surface area contributed by atoms with E-state index < -0.39 is 12.0 Å². The van der Waals surface area contributed by atoms with E-state index in [2.05, 4.69) is 4.99 Å². The van der Waals surface area contributed by atoms with Crippen molar-refractivity contribution in [2.24, 2.45) is 4.99 Å². The molecule has 21 heavy (non-hydrogen) atoms. The van der Waals surface area contributed by atoms with Gasteiger partial charge in [-0.1, -0.05) is 12.1 Å². The molecule has 6 nitrogen and oxygen atoms in total. The molecule has 110 valence electrons. The topological polar surface area (TPSA) is 76.0 Å².